The van der Waals surface area contributed by atoms with Crippen LogP contribution in [0, 0.1) is 5.41 Å². The van der Waals surface area contributed by atoms with Crippen molar-refractivity contribution in [1.29, 1.82) is 0 Å². The Bertz CT molecular complexity index is 349. The van der Waals surface area contributed by atoms with Gasteiger partial charge in [0.15, 0.2) is 5.78 Å². The van der Waals surface area contributed by atoms with Gasteiger partial charge >= 0.3 is 0 Å². The number of methoxy groups -OCH3 is 1. The molecule has 0 radical (unpaired) electrons. The first-order valence-electron chi connectivity index (χ1n) is 4.24. The van der Waals surface area contributed by atoms with Gasteiger partial charge in [-0.05, 0) is 0 Å². The van der Waals surface area contributed by atoms with E-state index in [1.54, 1.807) is 13.2 Å². The summed E-state index contributed by atoms with van der Waals surface area (Å²) in [6.45, 7) is 5.65. The van der Waals surface area contributed by atoms with E-state index >= 15 is 0 Å². The number of halogens is 1. The minimum atomic E-state index is -0.376. The van der Waals surface area contributed by atoms with Gasteiger partial charge in [0.25, 0.3) is 0 Å². The van der Waals surface area contributed by atoms with Crippen LogP contribution in [-0.2, 0) is 0 Å². The van der Waals surface area contributed by atoms with E-state index in [0.29, 0.717) is 15.0 Å². The van der Waals surface area contributed by atoms with Crippen LogP contribution in [0.5, 0.6) is 5.75 Å². The molecular weight excluding hydrogens is 220 g/mol. The lowest BCUT2D eigenvalue weighted by Gasteiger charge is -2.14. The molecule has 0 atom stereocenters. The third-order valence-corrected chi connectivity index (χ3v) is 3.10. The molecule has 0 bridgehead atoms. The summed E-state index contributed by atoms with van der Waals surface area (Å²) in [5.74, 6) is 0.664. The molecular formula is C10H13ClO2S. The molecule has 0 N–H and O–H groups in total. The van der Waals surface area contributed by atoms with Crippen LogP contribution in [0.25, 0.3) is 0 Å². The second kappa shape index (κ2) is 3.91. The van der Waals surface area contributed by atoms with Crippen molar-refractivity contribution >= 4 is 28.7 Å². The minimum absolute atomic E-state index is 0.0905. The fourth-order valence-corrected chi connectivity index (χ4v) is 2.35. The molecule has 0 aromatic carbocycles. The zero-order valence-electron chi connectivity index (χ0n) is 8.68. The van der Waals surface area contributed by atoms with Crippen molar-refractivity contribution in [2.24, 2.45) is 5.41 Å². The second-order valence-electron chi connectivity index (χ2n) is 4.03. The molecule has 1 aromatic rings. The lowest BCUT2D eigenvalue weighted by Crippen LogP contribution is -2.18. The molecule has 1 rings (SSSR count). The van der Waals surface area contributed by atoms with Gasteiger partial charge in [0.1, 0.15) is 10.1 Å². The minimum Gasteiger partial charge on any atom is -0.494 e. The monoisotopic (exact) mass is 232 g/mol. The SMILES string of the molecule is COc1cc(C(=O)C(C)(C)C)sc1Cl. The average Bonchev–Trinajstić information content (AvgIpc) is 2.43. The van der Waals surface area contributed by atoms with E-state index in [-0.39, 0.29) is 11.2 Å². The summed E-state index contributed by atoms with van der Waals surface area (Å²) >= 11 is 7.15. The van der Waals surface area contributed by atoms with Crippen LogP contribution in [-0.4, -0.2) is 12.9 Å². The third-order valence-electron chi connectivity index (χ3n) is 1.78. The zero-order chi connectivity index (χ0) is 10.9. The fraction of sp³-hybridized carbons (Fsp3) is 0.500. The fourth-order valence-electron chi connectivity index (χ4n) is 0.973. The number of ether oxygens (including phenoxy) is 1. The van der Waals surface area contributed by atoms with Gasteiger partial charge in [-0.2, -0.15) is 0 Å². The lowest BCUT2D eigenvalue weighted by atomic mass is 9.90. The van der Waals surface area contributed by atoms with E-state index < -0.39 is 0 Å². The molecule has 0 saturated heterocycles. The number of Topliss-reactive ketones (excluding diaryl/α,β-unsaturated/α-hetero) is 1. The average molecular weight is 233 g/mol. The number of ketones is 1. The first kappa shape index (κ1) is 11.5. The van der Waals surface area contributed by atoms with Gasteiger partial charge in [-0.15, -0.1) is 11.3 Å². The molecule has 0 amide bonds. The van der Waals surface area contributed by atoms with Crippen molar-refractivity contribution in [1.82, 2.24) is 0 Å². The van der Waals surface area contributed by atoms with Crippen molar-refractivity contribution in [3.63, 3.8) is 0 Å². The normalized spacial score (nSPS) is 11.5. The van der Waals surface area contributed by atoms with E-state index in [0.717, 1.165) is 0 Å². The van der Waals surface area contributed by atoms with E-state index in [9.17, 15) is 4.79 Å². The zero-order valence-corrected chi connectivity index (χ0v) is 10.3. The molecule has 0 fully saturated rings. The summed E-state index contributed by atoms with van der Waals surface area (Å²) in [5, 5.41) is 0. The Labute approximate surface area is 92.8 Å². The van der Waals surface area contributed by atoms with E-state index in [2.05, 4.69) is 0 Å². The van der Waals surface area contributed by atoms with Crippen molar-refractivity contribution in [3.8, 4) is 5.75 Å². The van der Waals surface area contributed by atoms with Crippen LogP contribution in [0.2, 0.25) is 4.34 Å². The molecule has 1 heterocycles. The smallest absolute Gasteiger partial charge is 0.178 e. The van der Waals surface area contributed by atoms with Crippen LogP contribution >= 0.6 is 22.9 Å². The van der Waals surface area contributed by atoms with E-state index in [4.69, 9.17) is 16.3 Å². The lowest BCUT2D eigenvalue weighted by molar-refractivity contribution is 0.0862. The van der Waals surface area contributed by atoms with Crippen LogP contribution in [0.1, 0.15) is 30.4 Å². The maximum absolute atomic E-state index is 11.8. The van der Waals surface area contributed by atoms with Crippen LogP contribution in [0.4, 0.5) is 0 Å². The van der Waals surface area contributed by atoms with E-state index in [1.165, 1.54) is 11.3 Å². The molecule has 0 saturated carbocycles. The van der Waals surface area contributed by atoms with Gasteiger partial charge < -0.3 is 4.74 Å². The number of hydrogen-bond acceptors (Lipinski definition) is 3. The molecule has 0 spiro atoms. The Morgan fingerprint density at radius 2 is 2.07 bits per heavy atom. The first-order chi connectivity index (χ1) is 6.36. The highest BCUT2D eigenvalue weighted by atomic mass is 35.5. The maximum atomic E-state index is 11.8. The standard InChI is InChI=1S/C10H13ClO2S/c1-10(2,3)8(12)7-5-6(13-4)9(11)14-7/h5H,1-4H3. The molecule has 1 aromatic heterocycles. The first-order valence-corrected chi connectivity index (χ1v) is 5.44. The topological polar surface area (TPSA) is 26.3 Å². The largest absolute Gasteiger partial charge is 0.494 e. The summed E-state index contributed by atoms with van der Waals surface area (Å²) in [6.07, 6.45) is 0. The van der Waals surface area contributed by atoms with Gasteiger partial charge in [0.2, 0.25) is 0 Å². The molecule has 14 heavy (non-hydrogen) atoms. The van der Waals surface area contributed by atoms with Gasteiger partial charge in [-0.1, -0.05) is 32.4 Å². The highest BCUT2D eigenvalue weighted by molar-refractivity contribution is 7.18. The van der Waals surface area contributed by atoms with Crippen molar-refractivity contribution in [3.05, 3.63) is 15.3 Å². The molecule has 0 aliphatic carbocycles. The Morgan fingerprint density at radius 3 is 2.43 bits per heavy atom. The van der Waals surface area contributed by atoms with Gasteiger partial charge in [-0.3, -0.25) is 4.79 Å². The van der Waals surface area contributed by atoms with Crippen LogP contribution in [0.15, 0.2) is 6.07 Å². The summed E-state index contributed by atoms with van der Waals surface area (Å²) < 4.78 is 5.54. The molecule has 0 aliphatic heterocycles. The van der Waals surface area contributed by atoms with Gasteiger partial charge in [0, 0.05) is 11.5 Å². The van der Waals surface area contributed by atoms with Gasteiger partial charge in [0.05, 0.1) is 12.0 Å². The number of thiophene rings is 1. The van der Waals surface area contributed by atoms with Crippen LogP contribution in [0.3, 0.4) is 0 Å². The maximum Gasteiger partial charge on any atom is 0.178 e. The second-order valence-corrected chi connectivity index (χ2v) is 5.69. The Kier molecular flexibility index (Phi) is 3.22. The quantitative estimate of drug-likeness (QED) is 0.728. The van der Waals surface area contributed by atoms with Gasteiger partial charge in [-0.25, -0.2) is 0 Å². The predicted octanol–water partition coefficient (Wildman–Crippen LogP) is 3.64. The highest BCUT2D eigenvalue weighted by Gasteiger charge is 2.25. The summed E-state index contributed by atoms with van der Waals surface area (Å²) in [5.41, 5.74) is -0.376. The highest BCUT2D eigenvalue weighted by Crippen LogP contribution is 2.36. The molecule has 0 aliphatic rings. The van der Waals surface area contributed by atoms with E-state index in [1.807, 2.05) is 20.8 Å². The van der Waals surface area contributed by atoms with Crippen LogP contribution < -0.4 is 4.74 Å². The Balaban J connectivity index is 3.03. The molecule has 4 heteroatoms. The van der Waals surface area contributed by atoms with Crippen molar-refractivity contribution in [2.45, 2.75) is 20.8 Å². The molecule has 0 unspecified atom stereocenters. The Hall–Kier alpha value is -0.540. The number of carbonyl (C=O) groups excluding carboxylic acids is 1. The number of hydrogen-bond donors (Lipinski definition) is 0. The summed E-state index contributed by atoms with van der Waals surface area (Å²) in [7, 11) is 1.54. The number of carbonyl (C=O) groups is 1. The third kappa shape index (κ3) is 2.28. The van der Waals surface area contributed by atoms with Crippen molar-refractivity contribution in [2.75, 3.05) is 7.11 Å². The van der Waals surface area contributed by atoms with Crippen molar-refractivity contribution < 1.29 is 9.53 Å². The predicted molar refractivity (Wildman–Crippen MR) is 59.7 cm³/mol. The molecule has 78 valence electrons. The summed E-state index contributed by atoms with van der Waals surface area (Å²) in [6, 6.07) is 1.70. The summed E-state index contributed by atoms with van der Waals surface area (Å²) in [4.78, 5) is 12.5. The molecule has 2 nitrogen and oxygen atoms in total. The number of rotatable bonds is 2. The Morgan fingerprint density at radius 1 is 1.50 bits per heavy atom.